The number of ether oxygens (including phenoxy) is 2. The van der Waals surface area contributed by atoms with E-state index in [1.54, 1.807) is 0 Å². The second-order valence-electron chi connectivity index (χ2n) is 5.96. The highest BCUT2D eigenvalue weighted by Crippen LogP contribution is 2.17. The predicted molar refractivity (Wildman–Crippen MR) is 102 cm³/mol. The van der Waals surface area contributed by atoms with Gasteiger partial charge in [0.25, 0.3) is 0 Å². The molecule has 0 spiro atoms. The van der Waals surface area contributed by atoms with Gasteiger partial charge in [0.2, 0.25) is 0 Å². The Balaban J connectivity index is 1.92. The first-order chi connectivity index (χ1) is 11.5. The molecule has 0 saturated carbocycles. The fraction of sp³-hybridized carbons (Fsp3) is 0.182. The molecule has 0 saturated heterocycles. The van der Waals surface area contributed by atoms with Crippen LogP contribution in [0, 0.1) is 0 Å². The van der Waals surface area contributed by atoms with Gasteiger partial charge in [0, 0.05) is 0 Å². The second kappa shape index (κ2) is 8.78. The Labute approximate surface area is 144 Å². The van der Waals surface area contributed by atoms with E-state index in [-0.39, 0.29) is 0 Å². The number of rotatable bonds is 8. The third kappa shape index (κ3) is 6.17. The van der Waals surface area contributed by atoms with Gasteiger partial charge in [-0.1, -0.05) is 49.6 Å². The van der Waals surface area contributed by atoms with Crippen molar-refractivity contribution in [3.63, 3.8) is 0 Å². The summed E-state index contributed by atoms with van der Waals surface area (Å²) in [6, 6.07) is 16.0. The van der Waals surface area contributed by atoms with E-state index >= 15 is 0 Å². The van der Waals surface area contributed by atoms with Gasteiger partial charge in [-0.25, -0.2) is 0 Å². The maximum Gasteiger partial charge on any atom is 0.119 e. The van der Waals surface area contributed by atoms with Crippen LogP contribution in [0.25, 0.3) is 12.2 Å². The average Bonchev–Trinajstić information content (AvgIpc) is 2.58. The molecule has 0 amide bonds. The van der Waals surface area contributed by atoms with Crippen LogP contribution in [0.4, 0.5) is 0 Å². The van der Waals surface area contributed by atoms with Crippen molar-refractivity contribution < 1.29 is 9.47 Å². The highest BCUT2D eigenvalue weighted by molar-refractivity contribution is 5.70. The van der Waals surface area contributed by atoms with Crippen LogP contribution >= 0.6 is 0 Å². The van der Waals surface area contributed by atoms with E-state index in [4.69, 9.17) is 9.47 Å². The molecule has 0 heterocycles. The summed E-state index contributed by atoms with van der Waals surface area (Å²) >= 11 is 0. The summed E-state index contributed by atoms with van der Waals surface area (Å²) in [6.07, 6.45) is 4.15. The molecular formula is C22H24O2. The largest absolute Gasteiger partial charge is 0.489 e. The van der Waals surface area contributed by atoms with E-state index in [9.17, 15) is 0 Å². The zero-order valence-electron chi connectivity index (χ0n) is 14.4. The number of hydrogen-bond acceptors (Lipinski definition) is 2. The maximum atomic E-state index is 5.59. The Morgan fingerprint density at radius 1 is 0.708 bits per heavy atom. The van der Waals surface area contributed by atoms with Crippen molar-refractivity contribution in [2.45, 2.75) is 13.8 Å². The molecule has 0 N–H and O–H groups in total. The molecule has 0 aliphatic carbocycles. The third-order valence-corrected chi connectivity index (χ3v) is 3.20. The lowest BCUT2D eigenvalue weighted by atomic mass is 10.1. The van der Waals surface area contributed by atoms with Crippen molar-refractivity contribution in [3.05, 3.63) is 84.0 Å². The van der Waals surface area contributed by atoms with Gasteiger partial charge in [-0.3, -0.25) is 0 Å². The summed E-state index contributed by atoms with van der Waals surface area (Å²) in [5.41, 5.74) is 4.27. The van der Waals surface area contributed by atoms with Crippen LogP contribution in [0.3, 0.4) is 0 Å². The van der Waals surface area contributed by atoms with Gasteiger partial charge in [-0.2, -0.15) is 0 Å². The van der Waals surface area contributed by atoms with E-state index < -0.39 is 0 Å². The van der Waals surface area contributed by atoms with Crippen molar-refractivity contribution in [1.29, 1.82) is 0 Å². The van der Waals surface area contributed by atoms with E-state index in [1.807, 2.05) is 62.4 Å². The predicted octanol–water partition coefficient (Wildman–Crippen LogP) is 5.77. The molecular weight excluding hydrogens is 296 g/mol. The van der Waals surface area contributed by atoms with Crippen molar-refractivity contribution >= 4 is 12.2 Å². The number of benzene rings is 2. The Hall–Kier alpha value is -2.74. The first-order valence-corrected chi connectivity index (χ1v) is 7.95. The molecule has 2 heteroatoms. The van der Waals surface area contributed by atoms with Crippen molar-refractivity contribution in [1.82, 2.24) is 0 Å². The van der Waals surface area contributed by atoms with Crippen LogP contribution in [0.5, 0.6) is 11.5 Å². The quantitative estimate of drug-likeness (QED) is 0.454. The van der Waals surface area contributed by atoms with Crippen LogP contribution in [0.2, 0.25) is 0 Å². The Bertz CT molecular complexity index is 643. The molecule has 2 aromatic rings. The molecule has 0 aliphatic rings. The Morgan fingerprint density at radius 3 is 1.33 bits per heavy atom. The molecule has 0 atom stereocenters. The fourth-order valence-electron chi connectivity index (χ4n) is 1.96. The Kier molecular flexibility index (Phi) is 6.44. The summed E-state index contributed by atoms with van der Waals surface area (Å²) in [7, 11) is 0. The van der Waals surface area contributed by atoms with Crippen molar-refractivity contribution in [2.75, 3.05) is 13.2 Å². The smallest absolute Gasteiger partial charge is 0.119 e. The average molecular weight is 320 g/mol. The van der Waals surface area contributed by atoms with Gasteiger partial charge in [0.1, 0.15) is 24.7 Å². The molecule has 2 rings (SSSR count). The normalized spacial score (nSPS) is 10.6. The van der Waals surface area contributed by atoms with Gasteiger partial charge in [-0.05, 0) is 60.4 Å². The van der Waals surface area contributed by atoms with Crippen LogP contribution in [0.15, 0.2) is 72.8 Å². The van der Waals surface area contributed by atoms with Gasteiger partial charge < -0.3 is 9.47 Å². The minimum absolute atomic E-state index is 0.551. The fourth-order valence-corrected chi connectivity index (χ4v) is 1.96. The topological polar surface area (TPSA) is 18.5 Å². The molecule has 0 radical (unpaired) electrons. The number of hydrogen-bond donors (Lipinski definition) is 0. The Morgan fingerprint density at radius 2 is 1.04 bits per heavy atom. The first kappa shape index (κ1) is 17.6. The van der Waals surface area contributed by atoms with Gasteiger partial charge in [0.15, 0.2) is 0 Å². The lowest BCUT2D eigenvalue weighted by molar-refractivity contribution is 0.352. The molecule has 0 bridgehead atoms. The summed E-state index contributed by atoms with van der Waals surface area (Å²) in [6.45, 7) is 12.7. The zero-order chi connectivity index (χ0) is 17.4. The van der Waals surface area contributed by atoms with Crippen molar-refractivity contribution in [2.24, 2.45) is 0 Å². The van der Waals surface area contributed by atoms with E-state index in [0.717, 1.165) is 33.8 Å². The lowest BCUT2D eigenvalue weighted by Crippen LogP contribution is -1.97. The lowest BCUT2D eigenvalue weighted by Gasteiger charge is -2.06. The van der Waals surface area contributed by atoms with E-state index in [1.165, 1.54) is 0 Å². The maximum absolute atomic E-state index is 5.59. The van der Waals surface area contributed by atoms with E-state index in [2.05, 4.69) is 25.3 Å². The SMILES string of the molecule is C=C(C)COc1ccc(C=Cc2ccc(OCC(=C)C)cc2)cc1. The van der Waals surface area contributed by atoms with Crippen LogP contribution < -0.4 is 9.47 Å². The van der Waals surface area contributed by atoms with Crippen LogP contribution in [-0.2, 0) is 0 Å². The van der Waals surface area contributed by atoms with Crippen LogP contribution in [-0.4, -0.2) is 13.2 Å². The van der Waals surface area contributed by atoms with Gasteiger partial charge in [-0.15, -0.1) is 0 Å². The molecule has 0 aromatic heterocycles. The minimum atomic E-state index is 0.551. The summed E-state index contributed by atoms with van der Waals surface area (Å²) in [4.78, 5) is 0. The standard InChI is InChI=1S/C22H24O2/c1-17(2)15-23-21-11-7-19(8-12-21)5-6-20-9-13-22(14-10-20)24-16-18(3)4/h5-14H,1,3,15-16H2,2,4H3. The minimum Gasteiger partial charge on any atom is -0.489 e. The molecule has 0 aliphatic heterocycles. The molecule has 124 valence electrons. The molecule has 2 aromatic carbocycles. The molecule has 24 heavy (non-hydrogen) atoms. The zero-order valence-corrected chi connectivity index (χ0v) is 14.4. The van der Waals surface area contributed by atoms with Crippen molar-refractivity contribution in [3.8, 4) is 11.5 Å². The highest BCUT2D eigenvalue weighted by atomic mass is 16.5. The third-order valence-electron chi connectivity index (χ3n) is 3.20. The van der Waals surface area contributed by atoms with E-state index in [0.29, 0.717) is 13.2 Å². The molecule has 0 fully saturated rings. The summed E-state index contributed by atoms with van der Waals surface area (Å²) < 4.78 is 11.2. The highest BCUT2D eigenvalue weighted by Gasteiger charge is 1.96. The molecule has 0 unspecified atom stereocenters. The van der Waals surface area contributed by atoms with Gasteiger partial charge in [0.05, 0.1) is 0 Å². The second-order valence-corrected chi connectivity index (χ2v) is 5.96. The van der Waals surface area contributed by atoms with Crippen LogP contribution in [0.1, 0.15) is 25.0 Å². The van der Waals surface area contributed by atoms with Gasteiger partial charge >= 0.3 is 0 Å². The molecule has 2 nitrogen and oxygen atoms in total. The summed E-state index contributed by atoms with van der Waals surface area (Å²) in [5.74, 6) is 1.71. The first-order valence-electron chi connectivity index (χ1n) is 7.95. The monoisotopic (exact) mass is 320 g/mol. The summed E-state index contributed by atoms with van der Waals surface area (Å²) in [5, 5.41) is 0.